The van der Waals surface area contributed by atoms with Gasteiger partial charge in [0.1, 0.15) is 5.65 Å². The highest BCUT2D eigenvalue weighted by molar-refractivity contribution is 6.08. The van der Waals surface area contributed by atoms with Gasteiger partial charge >= 0.3 is 5.97 Å². The van der Waals surface area contributed by atoms with Gasteiger partial charge in [0.15, 0.2) is 0 Å². The van der Waals surface area contributed by atoms with Gasteiger partial charge in [0, 0.05) is 17.3 Å². The number of nitrogens with zero attached hydrogens (tertiary/aromatic N) is 2. The van der Waals surface area contributed by atoms with Crippen LogP contribution < -0.4 is 0 Å². The number of aromatic nitrogens is 2. The fourth-order valence-corrected chi connectivity index (χ4v) is 2.81. The van der Waals surface area contributed by atoms with E-state index in [4.69, 9.17) is 0 Å². The number of hydrogen-bond acceptors (Lipinski definition) is 2. The lowest BCUT2D eigenvalue weighted by atomic mass is 10.1. The van der Waals surface area contributed by atoms with Gasteiger partial charge in [0.2, 0.25) is 0 Å². The molecule has 21 heavy (non-hydrogen) atoms. The maximum atomic E-state index is 11.3. The predicted octanol–water partition coefficient (Wildman–Crippen LogP) is 4.00. The number of para-hydroxylation sites is 1. The highest BCUT2D eigenvalue weighted by Gasteiger charge is 2.16. The molecule has 0 aliphatic carbocycles. The van der Waals surface area contributed by atoms with Crippen LogP contribution in [0.1, 0.15) is 35.8 Å². The average molecular weight is 282 g/mol. The Morgan fingerprint density at radius 3 is 2.76 bits per heavy atom. The minimum atomic E-state index is -0.924. The highest BCUT2D eigenvalue weighted by Crippen LogP contribution is 2.29. The molecule has 3 rings (SSSR count). The first-order valence-corrected chi connectivity index (χ1v) is 7.25. The Morgan fingerprint density at radius 2 is 2.05 bits per heavy atom. The predicted molar refractivity (Wildman–Crippen MR) is 83.8 cm³/mol. The number of hydrogen-bond donors (Lipinski definition) is 1. The van der Waals surface area contributed by atoms with E-state index in [1.807, 2.05) is 18.2 Å². The number of unbranched alkanes of at least 4 members (excludes halogenated alkanes) is 1. The second kappa shape index (κ2) is 5.20. The van der Waals surface area contributed by atoms with Crippen molar-refractivity contribution in [2.75, 3.05) is 0 Å². The molecular formula is C17H18N2O2. The van der Waals surface area contributed by atoms with Crippen LogP contribution in [-0.4, -0.2) is 20.6 Å². The fraction of sp³-hybridized carbons (Fsp3) is 0.294. The summed E-state index contributed by atoms with van der Waals surface area (Å²) >= 11 is 0. The number of fused-ring (bicyclic) bond motifs is 3. The lowest BCUT2D eigenvalue weighted by molar-refractivity contribution is 0.0696. The molecule has 0 amide bonds. The summed E-state index contributed by atoms with van der Waals surface area (Å²) in [5.41, 5.74) is 2.85. The lowest BCUT2D eigenvalue weighted by Crippen LogP contribution is -2.04. The van der Waals surface area contributed by atoms with Crippen molar-refractivity contribution < 1.29 is 9.90 Å². The number of aryl methyl sites for hydroxylation is 2. The maximum Gasteiger partial charge on any atom is 0.337 e. The third-order valence-corrected chi connectivity index (χ3v) is 3.90. The third kappa shape index (κ3) is 2.17. The molecule has 0 spiro atoms. The van der Waals surface area contributed by atoms with Gasteiger partial charge in [-0.1, -0.05) is 31.5 Å². The molecular weight excluding hydrogens is 264 g/mol. The van der Waals surface area contributed by atoms with E-state index in [0.29, 0.717) is 5.69 Å². The van der Waals surface area contributed by atoms with Crippen LogP contribution in [0.15, 0.2) is 30.3 Å². The van der Waals surface area contributed by atoms with E-state index in [2.05, 4.69) is 22.5 Å². The molecule has 0 aliphatic rings. The van der Waals surface area contributed by atoms with Crippen molar-refractivity contribution in [1.82, 2.24) is 9.55 Å². The Bertz CT molecular complexity index is 834. The Hall–Kier alpha value is -2.36. The van der Waals surface area contributed by atoms with E-state index in [-0.39, 0.29) is 5.56 Å². The Balaban J connectivity index is 2.37. The molecule has 0 radical (unpaired) electrons. The van der Waals surface area contributed by atoms with E-state index >= 15 is 0 Å². The quantitative estimate of drug-likeness (QED) is 0.787. The fourth-order valence-electron chi connectivity index (χ4n) is 2.81. The summed E-state index contributed by atoms with van der Waals surface area (Å²) in [6.07, 6.45) is 2.19. The standard InChI is InChI=1S/C17H18N2O2/c1-3-4-9-19-15-8-6-5-7-12(15)14-10-13(17(20)21)11(2)18-16(14)19/h5-8,10H,3-4,9H2,1-2H3,(H,20,21). The number of carboxylic acids is 1. The Kier molecular flexibility index (Phi) is 3.37. The highest BCUT2D eigenvalue weighted by atomic mass is 16.4. The van der Waals surface area contributed by atoms with E-state index in [1.54, 1.807) is 13.0 Å². The normalized spacial score (nSPS) is 11.3. The second-order valence-electron chi connectivity index (χ2n) is 5.32. The SMILES string of the molecule is CCCCn1c2ccccc2c2cc(C(=O)O)c(C)nc21. The molecule has 4 nitrogen and oxygen atoms in total. The van der Waals surface area contributed by atoms with Gasteiger partial charge in [-0.15, -0.1) is 0 Å². The molecule has 108 valence electrons. The second-order valence-corrected chi connectivity index (χ2v) is 5.32. The molecule has 0 saturated heterocycles. The third-order valence-electron chi connectivity index (χ3n) is 3.90. The molecule has 0 saturated carbocycles. The lowest BCUT2D eigenvalue weighted by Gasteiger charge is -2.06. The zero-order valence-corrected chi connectivity index (χ0v) is 12.3. The summed E-state index contributed by atoms with van der Waals surface area (Å²) in [6, 6.07) is 9.84. The summed E-state index contributed by atoms with van der Waals surface area (Å²) in [4.78, 5) is 15.9. The zero-order valence-electron chi connectivity index (χ0n) is 12.3. The van der Waals surface area contributed by atoms with Gasteiger partial charge in [-0.2, -0.15) is 0 Å². The van der Waals surface area contributed by atoms with Gasteiger partial charge in [-0.3, -0.25) is 0 Å². The van der Waals surface area contributed by atoms with Crippen LogP contribution in [0.3, 0.4) is 0 Å². The first kappa shape index (κ1) is 13.6. The minimum absolute atomic E-state index is 0.279. The van der Waals surface area contributed by atoms with Crippen LogP contribution in [0.5, 0.6) is 0 Å². The largest absolute Gasteiger partial charge is 0.478 e. The molecule has 0 aliphatic heterocycles. The van der Waals surface area contributed by atoms with Gasteiger partial charge in [-0.25, -0.2) is 9.78 Å². The summed E-state index contributed by atoms with van der Waals surface area (Å²) in [5, 5.41) is 11.3. The summed E-state index contributed by atoms with van der Waals surface area (Å²) in [5.74, 6) is -0.924. The maximum absolute atomic E-state index is 11.3. The first-order valence-electron chi connectivity index (χ1n) is 7.25. The molecule has 1 aromatic carbocycles. The monoisotopic (exact) mass is 282 g/mol. The Labute approximate surface area is 123 Å². The van der Waals surface area contributed by atoms with Crippen molar-refractivity contribution in [2.45, 2.75) is 33.2 Å². The molecule has 2 heterocycles. The van der Waals surface area contributed by atoms with E-state index < -0.39 is 5.97 Å². The van der Waals surface area contributed by atoms with Crippen molar-refractivity contribution in [3.05, 3.63) is 41.6 Å². The molecule has 0 atom stereocenters. The summed E-state index contributed by atoms with van der Waals surface area (Å²) in [6.45, 7) is 4.82. The van der Waals surface area contributed by atoms with Crippen LogP contribution in [0, 0.1) is 6.92 Å². The van der Waals surface area contributed by atoms with Crippen molar-refractivity contribution in [2.24, 2.45) is 0 Å². The smallest absolute Gasteiger partial charge is 0.337 e. The van der Waals surface area contributed by atoms with Crippen molar-refractivity contribution in [3.8, 4) is 0 Å². The number of aromatic carboxylic acids is 1. The van der Waals surface area contributed by atoms with Crippen LogP contribution in [-0.2, 0) is 6.54 Å². The number of carboxylic acid groups (broad SMARTS) is 1. The summed E-state index contributed by atoms with van der Waals surface area (Å²) < 4.78 is 2.20. The van der Waals surface area contributed by atoms with Crippen LogP contribution >= 0.6 is 0 Å². The Morgan fingerprint density at radius 1 is 1.29 bits per heavy atom. The van der Waals surface area contributed by atoms with E-state index in [9.17, 15) is 9.90 Å². The van der Waals surface area contributed by atoms with Gasteiger partial charge in [0.05, 0.1) is 16.8 Å². The number of benzene rings is 1. The number of carbonyl (C=O) groups is 1. The van der Waals surface area contributed by atoms with Crippen molar-refractivity contribution in [1.29, 1.82) is 0 Å². The first-order chi connectivity index (χ1) is 10.1. The topological polar surface area (TPSA) is 55.1 Å². The number of pyridine rings is 1. The molecule has 0 bridgehead atoms. The molecule has 2 aromatic heterocycles. The molecule has 1 N–H and O–H groups in total. The van der Waals surface area contributed by atoms with Crippen molar-refractivity contribution >= 4 is 27.9 Å². The van der Waals surface area contributed by atoms with Gasteiger partial charge in [0.25, 0.3) is 0 Å². The van der Waals surface area contributed by atoms with Crippen molar-refractivity contribution in [3.63, 3.8) is 0 Å². The van der Waals surface area contributed by atoms with Gasteiger partial charge in [-0.05, 0) is 25.5 Å². The zero-order chi connectivity index (χ0) is 15.0. The molecule has 3 aromatic rings. The van der Waals surface area contributed by atoms with Crippen LogP contribution in [0.4, 0.5) is 0 Å². The number of rotatable bonds is 4. The molecule has 4 heteroatoms. The molecule has 0 fully saturated rings. The molecule has 0 unspecified atom stereocenters. The van der Waals surface area contributed by atoms with Crippen LogP contribution in [0.25, 0.3) is 21.9 Å². The average Bonchev–Trinajstić information content (AvgIpc) is 2.77. The van der Waals surface area contributed by atoms with E-state index in [1.165, 1.54) is 0 Å². The van der Waals surface area contributed by atoms with Gasteiger partial charge < -0.3 is 9.67 Å². The van der Waals surface area contributed by atoms with E-state index in [0.717, 1.165) is 41.3 Å². The van der Waals surface area contributed by atoms with Crippen LogP contribution in [0.2, 0.25) is 0 Å². The minimum Gasteiger partial charge on any atom is -0.478 e. The summed E-state index contributed by atoms with van der Waals surface area (Å²) in [7, 11) is 0.